The average molecular weight is 477 g/mol. The van der Waals surface area contributed by atoms with Crippen LogP contribution in [0.15, 0.2) is 0 Å². The van der Waals surface area contributed by atoms with Crippen LogP contribution in [0.3, 0.4) is 0 Å². The van der Waals surface area contributed by atoms with Crippen LogP contribution in [-0.2, 0) is 49.6 Å². The molecule has 0 bridgehead atoms. The van der Waals surface area contributed by atoms with Gasteiger partial charge in [-0.15, -0.1) is 0 Å². The van der Waals surface area contributed by atoms with Crippen LogP contribution in [0.5, 0.6) is 0 Å². The lowest BCUT2D eigenvalue weighted by Gasteiger charge is -2.12. The molecule has 2 aromatic rings. The second-order valence-corrected chi connectivity index (χ2v) is 7.76. The molecule has 0 aliphatic rings. The zero-order valence-corrected chi connectivity index (χ0v) is 20.5. The minimum Gasteiger partial charge on any atom is -0.477 e. The molecule has 0 amide bonds. The molecular formula is C24H32N2O8. The Balaban J connectivity index is 2.68. The molecule has 0 spiro atoms. The minimum atomic E-state index is -1.07. The lowest BCUT2D eigenvalue weighted by atomic mass is 9.99. The first-order valence-electron chi connectivity index (χ1n) is 11.1. The quantitative estimate of drug-likeness (QED) is 0.373. The highest BCUT2D eigenvalue weighted by molar-refractivity contribution is 5.91. The molecule has 2 heterocycles. The van der Waals surface area contributed by atoms with Gasteiger partial charge in [0.25, 0.3) is 0 Å². The summed E-state index contributed by atoms with van der Waals surface area (Å²) >= 11 is 0. The summed E-state index contributed by atoms with van der Waals surface area (Å²) in [5, 5.41) is 9.85. The van der Waals surface area contributed by atoms with Crippen molar-refractivity contribution in [2.75, 3.05) is 20.8 Å². The first-order valence-corrected chi connectivity index (χ1v) is 11.1. The topological polar surface area (TPSA) is 137 Å². The fourth-order valence-corrected chi connectivity index (χ4v) is 4.23. The van der Waals surface area contributed by atoms with Gasteiger partial charge < -0.3 is 28.9 Å². The zero-order chi connectivity index (χ0) is 25.6. The maximum atomic E-state index is 12.5. The van der Waals surface area contributed by atoms with E-state index in [9.17, 15) is 24.3 Å². The lowest BCUT2D eigenvalue weighted by Crippen LogP contribution is -2.13. The molecule has 0 unspecified atom stereocenters. The Bertz CT molecular complexity index is 1090. The minimum absolute atomic E-state index is 0.0668. The highest BCUT2D eigenvalue weighted by Crippen LogP contribution is 2.30. The summed E-state index contributed by atoms with van der Waals surface area (Å²) in [7, 11) is 2.58. The van der Waals surface area contributed by atoms with Crippen LogP contribution in [-0.4, -0.2) is 59.4 Å². The summed E-state index contributed by atoms with van der Waals surface area (Å²) in [6.45, 7) is 7.53. The Kier molecular flexibility index (Phi) is 9.05. The van der Waals surface area contributed by atoms with Crippen LogP contribution >= 0.6 is 0 Å². The van der Waals surface area contributed by atoms with Gasteiger partial charge in [-0.2, -0.15) is 0 Å². The van der Waals surface area contributed by atoms with Crippen LogP contribution in [0.2, 0.25) is 0 Å². The fraction of sp³-hybridized carbons (Fsp3) is 0.500. The lowest BCUT2D eigenvalue weighted by molar-refractivity contribution is -0.141. The van der Waals surface area contributed by atoms with Gasteiger partial charge in [0.2, 0.25) is 0 Å². The number of esters is 3. The Hall–Kier alpha value is -3.56. The number of rotatable bonds is 11. The average Bonchev–Trinajstić information content (AvgIpc) is 3.25. The summed E-state index contributed by atoms with van der Waals surface area (Å²) in [5.41, 5.74) is 4.08. The maximum absolute atomic E-state index is 12.5. The Morgan fingerprint density at radius 3 is 2.15 bits per heavy atom. The SMILES string of the molecule is CCOC(=O)c1[nH]c(Cc2c(CCC(=O)OC)c(C)c(C(=O)O)n2CC)c(CC(=O)OC)c1C. The van der Waals surface area contributed by atoms with Gasteiger partial charge in [-0.3, -0.25) is 9.59 Å². The molecule has 2 aromatic heterocycles. The van der Waals surface area contributed by atoms with Crippen molar-refractivity contribution < 1.29 is 38.5 Å². The van der Waals surface area contributed by atoms with Gasteiger partial charge >= 0.3 is 23.9 Å². The highest BCUT2D eigenvalue weighted by Gasteiger charge is 2.27. The molecule has 0 atom stereocenters. The first kappa shape index (κ1) is 26.7. The van der Waals surface area contributed by atoms with Crippen molar-refractivity contribution in [1.82, 2.24) is 9.55 Å². The van der Waals surface area contributed by atoms with Crippen molar-refractivity contribution >= 4 is 23.9 Å². The standard InChI is InChI=1S/C24H32N2O8/c1-7-26-18(15(9-10-19(27)32-5)14(4)22(26)23(29)30)12-17-16(11-20(28)33-6)13(3)21(25-17)24(31)34-8-2/h25H,7-12H2,1-6H3,(H,29,30). The summed E-state index contributed by atoms with van der Waals surface area (Å²) in [4.78, 5) is 51.5. The van der Waals surface area contributed by atoms with Crippen molar-refractivity contribution in [2.45, 2.75) is 59.9 Å². The van der Waals surface area contributed by atoms with Crippen LogP contribution in [0.25, 0.3) is 0 Å². The number of hydrogen-bond acceptors (Lipinski definition) is 7. The molecular weight excluding hydrogens is 444 g/mol. The third-order valence-corrected chi connectivity index (χ3v) is 5.92. The number of H-pyrrole nitrogens is 1. The molecule has 0 fully saturated rings. The van der Waals surface area contributed by atoms with E-state index in [1.807, 2.05) is 6.92 Å². The molecule has 186 valence electrons. The van der Waals surface area contributed by atoms with E-state index in [1.54, 1.807) is 25.3 Å². The second kappa shape index (κ2) is 11.5. The molecule has 0 radical (unpaired) electrons. The van der Waals surface area contributed by atoms with E-state index < -0.39 is 23.9 Å². The molecule has 34 heavy (non-hydrogen) atoms. The molecule has 2 N–H and O–H groups in total. The van der Waals surface area contributed by atoms with Gasteiger partial charge in [-0.1, -0.05) is 0 Å². The van der Waals surface area contributed by atoms with Crippen molar-refractivity contribution in [3.63, 3.8) is 0 Å². The van der Waals surface area contributed by atoms with Crippen LogP contribution in [0.4, 0.5) is 0 Å². The first-order chi connectivity index (χ1) is 16.1. The van der Waals surface area contributed by atoms with E-state index in [0.717, 1.165) is 5.56 Å². The summed E-state index contributed by atoms with van der Waals surface area (Å²) in [5.74, 6) is -2.50. The predicted octanol–water partition coefficient (Wildman–Crippen LogP) is 2.74. The molecule has 0 aliphatic carbocycles. The van der Waals surface area contributed by atoms with Gasteiger partial charge in [0.15, 0.2) is 0 Å². The number of ether oxygens (including phenoxy) is 3. The normalized spacial score (nSPS) is 10.8. The summed E-state index contributed by atoms with van der Waals surface area (Å²) in [6.07, 6.45) is 0.523. The molecule has 10 heteroatoms. The Morgan fingerprint density at radius 2 is 1.62 bits per heavy atom. The number of aromatic nitrogens is 2. The van der Waals surface area contributed by atoms with E-state index in [0.29, 0.717) is 34.6 Å². The van der Waals surface area contributed by atoms with E-state index in [4.69, 9.17) is 14.2 Å². The second-order valence-electron chi connectivity index (χ2n) is 7.76. The fourth-order valence-electron chi connectivity index (χ4n) is 4.23. The van der Waals surface area contributed by atoms with Crippen molar-refractivity contribution in [1.29, 1.82) is 0 Å². The number of carboxylic acid groups (broad SMARTS) is 1. The number of methoxy groups -OCH3 is 2. The molecule has 0 aliphatic heterocycles. The molecule has 2 rings (SSSR count). The zero-order valence-electron chi connectivity index (χ0n) is 20.5. The third kappa shape index (κ3) is 5.49. The van der Waals surface area contributed by atoms with Crippen LogP contribution < -0.4 is 0 Å². The van der Waals surface area contributed by atoms with Gasteiger partial charge in [0.1, 0.15) is 11.4 Å². The maximum Gasteiger partial charge on any atom is 0.355 e. The van der Waals surface area contributed by atoms with Gasteiger partial charge in [0.05, 0.1) is 27.2 Å². The molecule has 0 saturated heterocycles. The summed E-state index contributed by atoms with van der Waals surface area (Å²) in [6, 6.07) is 0. The van der Waals surface area contributed by atoms with Gasteiger partial charge in [-0.25, -0.2) is 9.59 Å². The number of carbonyl (C=O) groups is 4. The van der Waals surface area contributed by atoms with Gasteiger partial charge in [0, 0.05) is 30.8 Å². The molecule has 10 nitrogen and oxygen atoms in total. The van der Waals surface area contributed by atoms with Crippen LogP contribution in [0.1, 0.15) is 74.9 Å². The Morgan fingerprint density at radius 1 is 0.971 bits per heavy atom. The van der Waals surface area contributed by atoms with E-state index in [2.05, 4.69) is 4.98 Å². The van der Waals surface area contributed by atoms with Crippen molar-refractivity contribution in [3.05, 3.63) is 45.0 Å². The summed E-state index contributed by atoms with van der Waals surface area (Å²) < 4.78 is 16.4. The number of aromatic carboxylic acids is 1. The van der Waals surface area contributed by atoms with E-state index in [-0.39, 0.29) is 43.7 Å². The molecule has 0 saturated carbocycles. The Labute approximate surface area is 198 Å². The van der Waals surface area contributed by atoms with E-state index in [1.165, 1.54) is 14.2 Å². The van der Waals surface area contributed by atoms with Crippen molar-refractivity contribution in [2.24, 2.45) is 0 Å². The van der Waals surface area contributed by atoms with Gasteiger partial charge in [-0.05, 0) is 56.4 Å². The van der Waals surface area contributed by atoms with Crippen molar-refractivity contribution in [3.8, 4) is 0 Å². The molecule has 0 aromatic carbocycles. The highest BCUT2D eigenvalue weighted by atomic mass is 16.5. The largest absolute Gasteiger partial charge is 0.477 e. The number of carboxylic acids is 1. The van der Waals surface area contributed by atoms with Crippen LogP contribution in [0, 0.1) is 13.8 Å². The number of carbonyl (C=O) groups excluding carboxylic acids is 3. The number of aromatic amines is 1. The smallest absolute Gasteiger partial charge is 0.355 e. The predicted molar refractivity (Wildman–Crippen MR) is 122 cm³/mol. The number of nitrogens with zero attached hydrogens (tertiary/aromatic N) is 1. The third-order valence-electron chi connectivity index (χ3n) is 5.92. The monoisotopic (exact) mass is 476 g/mol. The number of nitrogens with one attached hydrogen (secondary N) is 1. The number of hydrogen-bond donors (Lipinski definition) is 2. The van der Waals surface area contributed by atoms with E-state index >= 15 is 0 Å².